The molecule has 0 heterocycles. The van der Waals surface area contributed by atoms with Crippen LogP contribution in [-0.2, 0) is 4.79 Å². The van der Waals surface area contributed by atoms with Crippen molar-refractivity contribution in [3.63, 3.8) is 0 Å². The summed E-state index contributed by atoms with van der Waals surface area (Å²) < 4.78 is 15.5. The van der Waals surface area contributed by atoms with Crippen molar-refractivity contribution in [1.82, 2.24) is 0 Å². The molecule has 126 valence electrons. The van der Waals surface area contributed by atoms with E-state index in [1.165, 1.54) is 13.2 Å². The third-order valence-corrected chi connectivity index (χ3v) is 3.33. The highest BCUT2D eigenvalue weighted by molar-refractivity contribution is 6.02. The zero-order valence-electron chi connectivity index (χ0n) is 13.8. The second-order valence-corrected chi connectivity index (χ2v) is 4.89. The van der Waals surface area contributed by atoms with Crippen molar-refractivity contribution in [2.24, 2.45) is 0 Å². The summed E-state index contributed by atoms with van der Waals surface area (Å²) in [5.74, 6) is 1.47. The summed E-state index contributed by atoms with van der Waals surface area (Å²) in [6.45, 7) is 0. The van der Waals surface area contributed by atoms with Crippen LogP contribution in [0.1, 0.15) is 5.56 Å². The van der Waals surface area contributed by atoms with Crippen LogP contribution in [0.3, 0.4) is 0 Å². The molecule has 0 aliphatic heterocycles. The normalized spacial score (nSPS) is 10.5. The number of nitrogens with two attached hydrogens (primary N) is 1. The van der Waals surface area contributed by atoms with Gasteiger partial charge in [0.05, 0.1) is 27.0 Å². The van der Waals surface area contributed by atoms with E-state index in [-0.39, 0.29) is 5.91 Å². The molecule has 0 bridgehead atoms. The average Bonchev–Trinajstić information content (AvgIpc) is 2.60. The second-order valence-electron chi connectivity index (χ2n) is 4.89. The number of benzene rings is 2. The number of hydrogen-bond acceptors (Lipinski definition) is 5. The topological polar surface area (TPSA) is 82.8 Å². The summed E-state index contributed by atoms with van der Waals surface area (Å²) in [4.78, 5) is 12.0. The zero-order chi connectivity index (χ0) is 17.5. The minimum Gasteiger partial charge on any atom is -0.495 e. The number of nitrogens with one attached hydrogen (secondary N) is 1. The van der Waals surface area contributed by atoms with Crippen molar-refractivity contribution < 1.29 is 19.0 Å². The van der Waals surface area contributed by atoms with E-state index in [0.717, 1.165) is 5.56 Å². The zero-order valence-corrected chi connectivity index (χ0v) is 13.8. The van der Waals surface area contributed by atoms with Crippen LogP contribution < -0.4 is 25.3 Å². The number of anilines is 2. The van der Waals surface area contributed by atoms with E-state index in [9.17, 15) is 4.79 Å². The Morgan fingerprint density at radius 3 is 2.25 bits per heavy atom. The molecule has 0 unspecified atom stereocenters. The fourth-order valence-electron chi connectivity index (χ4n) is 2.13. The van der Waals surface area contributed by atoms with E-state index in [2.05, 4.69) is 5.32 Å². The van der Waals surface area contributed by atoms with Gasteiger partial charge in [0, 0.05) is 17.8 Å². The van der Waals surface area contributed by atoms with Gasteiger partial charge in [-0.3, -0.25) is 4.79 Å². The van der Waals surface area contributed by atoms with Crippen LogP contribution in [0.2, 0.25) is 0 Å². The summed E-state index contributed by atoms with van der Waals surface area (Å²) in [6.07, 6.45) is 3.10. The van der Waals surface area contributed by atoms with Crippen LogP contribution in [0.4, 0.5) is 11.4 Å². The van der Waals surface area contributed by atoms with E-state index in [0.29, 0.717) is 28.6 Å². The van der Waals surface area contributed by atoms with Crippen LogP contribution in [0, 0.1) is 0 Å². The maximum absolute atomic E-state index is 12.0. The van der Waals surface area contributed by atoms with Crippen LogP contribution in [0.15, 0.2) is 42.5 Å². The van der Waals surface area contributed by atoms with Gasteiger partial charge in [-0.2, -0.15) is 0 Å². The van der Waals surface area contributed by atoms with Crippen molar-refractivity contribution in [3.8, 4) is 17.2 Å². The summed E-state index contributed by atoms with van der Waals surface area (Å²) >= 11 is 0. The first-order chi connectivity index (χ1) is 11.6. The molecule has 6 heteroatoms. The molecule has 0 aliphatic rings. The minimum atomic E-state index is -0.267. The smallest absolute Gasteiger partial charge is 0.248 e. The van der Waals surface area contributed by atoms with E-state index in [4.69, 9.17) is 19.9 Å². The summed E-state index contributed by atoms with van der Waals surface area (Å²) in [5.41, 5.74) is 7.76. The van der Waals surface area contributed by atoms with Crippen LogP contribution >= 0.6 is 0 Å². The number of carbonyl (C=O) groups excluding carboxylic acids is 1. The maximum Gasteiger partial charge on any atom is 0.248 e. The molecular formula is C18H20N2O4. The molecule has 0 fully saturated rings. The number of amides is 1. The fourth-order valence-corrected chi connectivity index (χ4v) is 2.13. The van der Waals surface area contributed by atoms with Crippen molar-refractivity contribution >= 4 is 23.4 Å². The first kappa shape index (κ1) is 17.2. The molecule has 1 amide bonds. The highest BCUT2D eigenvalue weighted by Gasteiger charge is 2.06. The van der Waals surface area contributed by atoms with Gasteiger partial charge in [-0.15, -0.1) is 0 Å². The molecule has 0 radical (unpaired) electrons. The lowest BCUT2D eigenvalue weighted by Gasteiger charge is -2.09. The molecule has 0 atom stereocenters. The van der Waals surface area contributed by atoms with E-state index < -0.39 is 0 Å². The Labute approximate surface area is 140 Å². The SMILES string of the molecule is COc1ccc(/C=C\C(=O)Nc2ccc(OC)c(OC)c2)cc1N. The van der Waals surface area contributed by atoms with Gasteiger partial charge >= 0.3 is 0 Å². The molecule has 2 rings (SSSR count). The number of methoxy groups -OCH3 is 3. The van der Waals surface area contributed by atoms with Gasteiger partial charge in [0.2, 0.25) is 5.91 Å². The monoisotopic (exact) mass is 328 g/mol. The van der Waals surface area contributed by atoms with Gasteiger partial charge in [-0.1, -0.05) is 6.07 Å². The van der Waals surface area contributed by atoms with Crippen molar-refractivity contribution in [1.29, 1.82) is 0 Å². The Bertz CT molecular complexity index is 757. The molecule has 2 aromatic rings. The molecule has 6 nitrogen and oxygen atoms in total. The Morgan fingerprint density at radius 1 is 0.958 bits per heavy atom. The van der Waals surface area contributed by atoms with Crippen molar-refractivity contribution in [3.05, 3.63) is 48.0 Å². The molecule has 24 heavy (non-hydrogen) atoms. The molecule has 2 aromatic carbocycles. The summed E-state index contributed by atoms with van der Waals surface area (Å²) in [6, 6.07) is 10.5. The summed E-state index contributed by atoms with van der Waals surface area (Å²) in [7, 11) is 4.65. The standard InChI is InChI=1S/C18H20N2O4/c1-22-15-7-4-12(10-14(15)19)5-9-18(21)20-13-6-8-16(23-2)17(11-13)24-3/h4-11H,19H2,1-3H3,(H,20,21)/b9-5-. The van der Waals surface area contributed by atoms with Gasteiger partial charge in [-0.05, 0) is 35.9 Å². The van der Waals surface area contributed by atoms with Crippen LogP contribution in [0.25, 0.3) is 6.08 Å². The van der Waals surface area contributed by atoms with Crippen molar-refractivity contribution in [2.45, 2.75) is 0 Å². The highest BCUT2D eigenvalue weighted by atomic mass is 16.5. The number of rotatable bonds is 6. The third-order valence-electron chi connectivity index (χ3n) is 3.33. The molecule has 0 aliphatic carbocycles. The molecular weight excluding hydrogens is 308 g/mol. The molecule has 0 saturated heterocycles. The Balaban J connectivity index is 2.06. The number of ether oxygens (including phenoxy) is 3. The third kappa shape index (κ3) is 4.19. The second kappa shape index (κ2) is 7.92. The maximum atomic E-state index is 12.0. The number of nitrogen functional groups attached to an aromatic ring is 1. The number of carbonyl (C=O) groups is 1. The molecule has 3 N–H and O–H groups in total. The number of hydrogen-bond donors (Lipinski definition) is 2. The van der Waals surface area contributed by atoms with Gasteiger partial charge < -0.3 is 25.3 Å². The highest BCUT2D eigenvalue weighted by Crippen LogP contribution is 2.29. The van der Waals surface area contributed by atoms with E-state index in [1.54, 1.807) is 50.6 Å². The molecule has 0 saturated carbocycles. The Morgan fingerprint density at radius 2 is 1.62 bits per heavy atom. The first-order valence-electron chi connectivity index (χ1n) is 7.22. The molecule has 0 aromatic heterocycles. The largest absolute Gasteiger partial charge is 0.495 e. The fraction of sp³-hybridized carbons (Fsp3) is 0.167. The van der Waals surface area contributed by atoms with Crippen molar-refractivity contribution in [2.75, 3.05) is 32.4 Å². The Kier molecular flexibility index (Phi) is 5.68. The van der Waals surface area contributed by atoms with E-state index in [1.807, 2.05) is 6.07 Å². The predicted octanol–water partition coefficient (Wildman–Crippen LogP) is 2.95. The predicted molar refractivity (Wildman–Crippen MR) is 94.6 cm³/mol. The van der Waals surface area contributed by atoms with E-state index >= 15 is 0 Å². The first-order valence-corrected chi connectivity index (χ1v) is 7.22. The minimum absolute atomic E-state index is 0.267. The van der Waals surface area contributed by atoms with Gasteiger partial charge in [0.1, 0.15) is 5.75 Å². The van der Waals surface area contributed by atoms with Gasteiger partial charge in [0.15, 0.2) is 11.5 Å². The average molecular weight is 328 g/mol. The van der Waals surface area contributed by atoms with Crippen LogP contribution in [0.5, 0.6) is 17.2 Å². The van der Waals surface area contributed by atoms with Crippen LogP contribution in [-0.4, -0.2) is 27.2 Å². The lowest BCUT2D eigenvalue weighted by Crippen LogP contribution is -2.08. The lowest BCUT2D eigenvalue weighted by atomic mass is 10.1. The quantitative estimate of drug-likeness (QED) is 0.629. The van der Waals surface area contributed by atoms with Gasteiger partial charge in [-0.25, -0.2) is 0 Å². The summed E-state index contributed by atoms with van der Waals surface area (Å²) in [5, 5.41) is 2.76. The van der Waals surface area contributed by atoms with Gasteiger partial charge in [0.25, 0.3) is 0 Å². The Hall–Kier alpha value is -3.15. The molecule has 0 spiro atoms. The lowest BCUT2D eigenvalue weighted by molar-refractivity contribution is -0.111.